The molecule has 3 aliphatic rings. The van der Waals surface area contributed by atoms with Crippen LogP contribution in [-0.2, 0) is 14.4 Å². The lowest BCUT2D eigenvalue weighted by molar-refractivity contribution is -0.136. The summed E-state index contributed by atoms with van der Waals surface area (Å²) in [6.07, 6.45) is 2.47. The minimum absolute atomic E-state index is 0.0123. The van der Waals surface area contributed by atoms with E-state index in [0.717, 1.165) is 31.5 Å². The molecule has 1 aromatic rings. The van der Waals surface area contributed by atoms with Gasteiger partial charge in [-0.3, -0.25) is 19.3 Å². The Morgan fingerprint density at radius 1 is 1.21 bits per heavy atom. The number of hydrogen-bond acceptors (Lipinski definition) is 4. The van der Waals surface area contributed by atoms with Crippen molar-refractivity contribution in [2.24, 2.45) is 5.41 Å². The van der Waals surface area contributed by atoms with Crippen LogP contribution in [0, 0.1) is 12.3 Å². The van der Waals surface area contributed by atoms with Gasteiger partial charge in [-0.1, -0.05) is 13.0 Å². The van der Waals surface area contributed by atoms with E-state index in [1.165, 1.54) is 4.90 Å². The van der Waals surface area contributed by atoms with Crippen molar-refractivity contribution in [2.75, 3.05) is 44.2 Å². The van der Waals surface area contributed by atoms with E-state index in [1.54, 1.807) is 4.90 Å². The summed E-state index contributed by atoms with van der Waals surface area (Å²) in [5.74, 6) is 0.484. The molecule has 1 atom stereocenters. The van der Waals surface area contributed by atoms with Gasteiger partial charge in [0.2, 0.25) is 11.8 Å². The molecule has 7 nitrogen and oxygen atoms in total. The van der Waals surface area contributed by atoms with Crippen molar-refractivity contribution in [3.8, 4) is 5.75 Å². The van der Waals surface area contributed by atoms with Crippen molar-refractivity contribution in [2.45, 2.75) is 33.1 Å². The van der Waals surface area contributed by atoms with E-state index in [4.69, 9.17) is 4.74 Å². The number of carbonyl (C=O) groups excluding carboxylic acids is 3. The topological polar surface area (TPSA) is 70.2 Å². The fourth-order valence-corrected chi connectivity index (χ4v) is 4.56. The van der Waals surface area contributed by atoms with E-state index in [0.29, 0.717) is 30.9 Å². The van der Waals surface area contributed by atoms with Crippen LogP contribution in [0.15, 0.2) is 18.2 Å². The fourth-order valence-electron chi connectivity index (χ4n) is 4.56. The van der Waals surface area contributed by atoms with Crippen molar-refractivity contribution in [1.82, 2.24) is 9.80 Å². The van der Waals surface area contributed by atoms with Crippen molar-refractivity contribution in [1.29, 1.82) is 0 Å². The van der Waals surface area contributed by atoms with Crippen LogP contribution in [-0.4, -0.2) is 66.9 Å². The van der Waals surface area contributed by atoms with Gasteiger partial charge in [-0.05, 0) is 43.9 Å². The standard InChI is InChI=1S/C21H27N3O4/c1-3-8-22-9-6-21(20(22)27)7-10-23(14-21)18(25)12-24-16-11-15(2)4-5-17(16)28-13-19(24)26/h4-5,11H,3,6-10,12-14H2,1-2H3. The Hall–Kier alpha value is -2.57. The van der Waals surface area contributed by atoms with Gasteiger partial charge in [0.1, 0.15) is 12.3 Å². The van der Waals surface area contributed by atoms with Crippen molar-refractivity contribution < 1.29 is 19.1 Å². The molecule has 2 saturated heterocycles. The number of rotatable bonds is 4. The van der Waals surface area contributed by atoms with Gasteiger partial charge in [0.05, 0.1) is 11.1 Å². The second-order valence-electron chi connectivity index (χ2n) is 8.13. The maximum atomic E-state index is 13.0. The van der Waals surface area contributed by atoms with Crippen LogP contribution in [0.5, 0.6) is 5.75 Å². The van der Waals surface area contributed by atoms with Crippen LogP contribution in [0.1, 0.15) is 31.7 Å². The van der Waals surface area contributed by atoms with Gasteiger partial charge in [-0.15, -0.1) is 0 Å². The molecule has 0 N–H and O–H groups in total. The largest absolute Gasteiger partial charge is 0.482 e. The highest BCUT2D eigenvalue weighted by Crippen LogP contribution is 2.41. The first-order valence-corrected chi connectivity index (χ1v) is 10.0. The molecular weight excluding hydrogens is 358 g/mol. The van der Waals surface area contributed by atoms with Crippen LogP contribution < -0.4 is 9.64 Å². The third-order valence-corrected chi connectivity index (χ3v) is 6.15. The van der Waals surface area contributed by atoms with E-state index in [2.05, 4.69) is 6.92 Å². The van der Waals surface area contributed by atoms with Gasteiger partial charge in [0, 0.05) is 26.2 Å². The Bertz CT molecular complexity index is 824. The first-order valence-electron chi connectivity index (χ1n) is 10.0. The number of likely N-dealkylation sites (tertiary alicyclic amines) is 2. The lowest BCUT2D eigenvalue weighted by Crippen LogP contribution is -2.46. The molecular formula is C21H27N3O4. The second-order valence-corrected chi connectivity index (χ2v) is 8.13. The number of hydrogen-bond donors (Lipinski definition) is 0. The molecule has 1 unspecified atom stereocenters. The second kappa shape index (κ2) is 7.11. The zero-order chi connectivity index (χ0) is 19.9. The van der Waals surface area contributed by atoms with Gasteiger partial charge in [-0.2, -0.15) is 0 Å². The van der Waals surface area contributed by atoms with E-state index >= 15 is 0 Å². The molecule has 2 fully saturated rings. The van der Waals surface area contributed by atoms with Gasteiger partial charge in [0.25, 0.3) is 5.91 Å². The number of fused-ring (bicyclic) bond motifs is 1. The summed E-state index contributed by atoms with van der Waals surface area (Å²) < 4.78 is 5.49. The van der Waals surface area contributed by atoms with Crippen LogP contribution in [0.4, 0.5) is 5.69 Å². The molecule has 28 heavy (non-hydrogen) atoms. The molecule has 0 saturated carbocycles. The molecule has 0 aromatic heterocycles. The lowest BCUT2D eigenvalue weighted by Gasteiger charge is -2.31. The highest BCUT2D eigenvalue weighted by Gasteiger charge is 2.51. The molecule has 0 aliphatic carbocycles. The quantitative estimate of drug-likeness (QED) is 0.789. The summed E-state index contributed by atoms with van der Waals surface area (Å²) in [6.45, 7) is 6.54. The maximum Gasteiger partial charge on any atom is 0.265 e. The third-order valence-electron chi connectivity index (χ3n) is 6.15. The average molecular weight is 385 g/mol. The van der Waals surface area contributed by atoms with Crippen LogP contribution in [0.25, 0.3) is 0 Å². The molecule has 3 heterocycles. The molecule has 0 radical (unpaired) electrons. The average Bonchev–Trinajstić information content (AvgIpc) is 3.24. The van der Waals surface area contributed by atoms with E-state index in [1.807, 2.05) is 30.0 Å². The Morgan fingerprint density at radius 3 is 2.79 bits per heavy atom. The first kappa shape index (κ1) is 18.8. The minimum atomic E-state index is -0.422. The highest BCUT2D eigenvalue weighted by molar-refractivity contribution is 6.02. The van der Waals surface area contributed by atoms with Gasteiger partial charge >= 0.3 is 0 Å². The fraction of sp³-hybridized carbons (Fsp3) is 0.571. The predicted octanol–water partition coefficient (Wildman–Crippen LogP) is 1.58. The van der Waals surface area contributed by atoms with Crippen molar-refractivity contribution in [3.05, 3.63) is 23.8 Å². The normalized spacial score (nSPS) is 24.1. The van der Waals surface area contributed by atoms with Gasteiger partial charge in [0.15, 0.2) is 6.61 Å². The first-order chi connectivity index (χ1) is 13.4. The highest BCUT2D eigenvalue weighted by atomic mass is 16.5. The number of carbonyl (C=O) groups is 3. The number of amides is 3. The smallest absolute Gasteiger partial charge is 0.265 e. The monoisotopic (exact) mass is 385 g/mol. The molecule has 3 aliphatic heterocycles. The number of aryl methyl sites for hydroxylation is 1. The van der Waals surface area contributed by atoms with Crippen LogP contribution >= 0.6 is 0 Å². The molecule has 3 amide bonds. The lowest BCUT2D eigenvalue weighted by atomic mass is 9.85. The zero-order valence-electron chi connectivity index (χ0n) is 16.6. The number of nitrogens with zero attached hydrogens (tertiary/aromatic N) is 3. The summed E-state index contributed by atoms with van der Waals surface area (Å²) >= 11 is 0. The molecule has 150 valence electrons. The number of anilines is 1. The summed E-state index contributed by atoms with van der Waals surface area (Å²) in [7, 11) is 0. The third kappa shape index (κ3) is 3.12. The molecule has 1 spiro atoms. The predicted molar refractivity (Wildman–Crippen MR) is 104 cm³/mol. The van der Waals surface area contributed by atoms with E-state index in [-0.39, 0.29) is 30.9 Å². The maximum absolute atomic E-state index is 13.0. The summed E-state index contributed by atoms with van der Waals surface area (Å²) in [5, 5.41) is 0. The van der Waals surface area contributed by atoms with Crippen molar-refractivity contribution in [3.63, 3.8) is 0 Å². The molecule has 0 bridgehead atoms. The Kier molecular flexibility index (Phi) is 4.77. The molecule has 1 aromatic carbocycles. The van der Waals surface area contributed by atoms with Crippen LogP contribution in [0.2, 0.25) is 0 Å². The molecule has 7 heteroatoms. The van der Waals surface area contributed by atoms with E-state index < -0.39 is 5.41 Å². The Balaban J connectivity index is 1.46. The Labute approximate surface area is 165 Å². The summed E-state index contributed by atoms with van der Waals surface area (Å²) in [6, 6.07) is 5.62. The van der Waals surface area contributed by atoms with Crippen molar-refractivity contribution >= 4 is 23.4 Å². The summed E-state index contributed by atoms with van der Waals surface area (Å²) in [5.41, 5.74) is 1.22. The minimum Gasteiger partial charge on any atom is -0.482 e. The molecule has 4 rings (SSSR count). The zero-order valence-corrected chi connectivity index (χ0v) is 16.6. The Morgan fingerprint density at radius 2 is 2.00 bits per heavy atom. The number of benzene rings is 1. The summed E-state index contributed by atoms with van der Waals surface area (Å²) in [4.78, 5) is 43.4. The van der Waals surface area contributed by atoms with Gasteiger partial charge in [-0.25, -0.2) is 0 Å². The van der Waals surface area contributed by atoms with Crippen LogP contribution in [0.3, 0.4) is 0 Å². The van der Waals surface area contributed by atoms with E-state index in [9.17, 15) is 14.4 Å². The van der Waals surface area contributed by atoms with Gasteiger partial charge < -0.3 is 14.5 Å². The SMILES string of the molecule is CCCN1CCC2(CCN(C(=O)CN3C(=O)COc4ccc(C)cc43)C2)C1=O. The number of ether oxygens (including phenoxy) is 1.